The highest BCUT2D eigenvalue weighted by Crippen LogP contribution is 2.36. The lowest BCUT2D eigenvalue weighted by atomic mass is 10.1. The van der Waals surface area contributed by atoms with Gasteiger partial charge in [0, 0.05) is 6.92 Å². The standard InChI is InChI=1S/C10H9ClN2O6/c1-5(19-6(2)14)7-3-8(11)10(13(17)18)4-9(7)12(15)16/h3-5H,1-2H3. The minimum absolute atomic E-state index is 0.00389. The molecule has 0 aliphatic rings. The van der Waals surface area contributed by atoms with E-state index in [-0.39, 0.29) is 10.6 Å². The molecule has 1 atom stereocenters. The van der Waals surface area contributed by atoms with E-state index in [1.54, 1.807) is 0 Å². The molecule has 0 aliphatic heterocycles. The molecule has 0 saturated heterocycles. The second kappa shape index (κ2) is 5.61. The predicted molar refractivity (Wildman–Crippen MR) is 64.9 cm³/mol. The summed E-state index contributed by atoms with van der Waals surface area (Å²) >= 11 is 5.68. The number of nitro groups is 2. The van der Waals surface area contributed by atoms with Crippen LogP contribution in [0.4, 0.5) is 11.4 Å². The lowest BCUT2D eigenvalue weighted by molar-refractivity contribution is -0.394. The Hall–Kier alpha value is -2.22. The van der Waals surface area contributed by atoms with Gasteiger partial charge < -0.3 is 4.74 Å². The smallest absolute Gasteiger partial charge is 0.303 e. The maximum atomic E-state index is 10.9. The zero-order valence-corrected chi connectivity index (χ0v) is 10.7. The summed E-state index contributed by atoms with van der Waals surface area (Å²) in [4.78, 5) is 30.8. The quantitative estimate of drug-likeness (QED) is 0.478. The molecule has 0 aromatic heterocycles. The fourth-order valence-electron chi connectivity index (χ4n) is 1.50. The first-order valence-electron chi connectivity index (χ1n) is 5.03. The van der Waals surface area contributed by atoms with Crippen molar-refractivity contribution in [2.45, 2.75) is 20.0 Å². The van der Waals surface area contributed by atoms with Crippen molar-refractivity contribution in [3.63, 3.8) is 0 Å². The van der Waals surface area contributed by atoms with Crippen LogP contribution in [0.3, 0.4) is 0 Å². The Morgan fingerprint density at radius 2 is 1.79 bits per heavy atom. The second-order valence-electron chi connectivity index (χ2n) is 3.63. The van der Waals surface area contributed by atoms with Crippen LogP contribution in [0.2, 0.25) is 5.02 Å². The Morgan fingerprint density at radius 3 is 2.21 bits per heavy atom. The highest BCUT2D eigenvalue weighted by Gasteiger charge is 2.27. The summed E-state index contributed by atoms with van der Waals surface area (Å²) < 4.78 is 4.81. The van der Waals surface area contributed by atoms with Crippen molar-refractivity contribution in [1.29, 1.82) is 0 Å². The fourth-order valence-corrected chi connectivity index (χ4v) is 1.74. The van der Waals surface area contributed by atoms with E-state index in [1.165, 1.54) is 6.92 Å². The number of hydrogen-bond acceptors (Lipinski definition) is 6. The van der Waals surface area contributed by atoms with Crippen LogP contribution in [-0.2, 0) is 9.53 Å². The average Bonchev–Trinajstić information content (AvgIpc) is 2.26. The minimum atomic E-state index is -0.934. The van der Waals surface area contributed by atoms with Crippen molar-refractivity contribution < 1.29 is 19.4 Å². The summed E-state index contributed by atoms with van der Waals surface area (Å²) in [6.07, 6.45) is -0.934. The number of carbonyl (C=O) groups is 1. The molecule has 0 saturated carbocycles. The monoisotopic (exact) mass is 288 g/mol. The zero-order valence-electron chi connectivity index (χ0n) is 9.95. The minimum Gasteiger partial charge on any atom is -0.458 e. The molecule has 0 spiro atoms. The first-order chi connectivity index (χ1) is 8.73. The van der Waals surface area contributed by atoms with Crippen molar-refractivity contribution >= 4 is 28.9 Å². The highest BCUT2D eigenvalue weighted by molar-refractivity contribution is 6.32. The number of ether oxygens (including phenoxy) is 1. The molecule has 1 unspecified atom stereocenters. The Bertz CT molecular complexity index is 559. The third-order valence-electron chi connectivity index (χ3n) is 2.27. The summed E-state index contributed by atoms with van der Waals surface area (Å²) in [6, 6.07) is 1.81. The SMILES string of the molecule is CC(=O)OC(C)c1cc(Cl)c([N+](=O)[O-])cc1[N+](=O)[O-]. The van der Waals surface area contributed by atoms with Gasteiger partial charge in [0.25, 0.3) is 11.4 Å². The third kappa shape index (κ3) is 3.38. The van der Waals surface area contributed by atoms with Crippen LogP contribution in [0.25, 0.3) is 0 Å². The molecule has 1 aromatic rings. The number of esters is 1. The van der Waals surface area contributed by atoms with Gasteiger partial charge in [0.1, 0.15) is 11.1 Å². The molecule has 0 radical (unpaired) electrons. The van der Waals surface area contributed by atoms with E-state index in [9.17, 15) is 25.0 Å². The van der Waals surface area contributed by atoms with Crippen molar-refractivity contribution in [3.05, 3.63) is 42.9 Å². The second-order valence-corrected chi connectivity index (χ2v) is 4.04. The van der Waals surface area contributed by atoms with Gasteiger partial charge in [0.2, 0.25) is 0 Å². The summed E-state index contributed by atoms with van der Waals surface area (Å²) in [5.74, 6) is -0.628. The highest BCUT2D eigenvalue weighted by atomic mass is 35.5. The van der Waals surface area contributed by atoms with Gasteiger partial charge in [0.05, 0.1) is 21.5 Å². The first kappa shape index (κ1) is 14.8. The van der Waals surface area contributed by atoms with Crippen LogP contribution in [0.1, 0.15) is 25.5 Å². The molecule has 0 aliphatic carbocycles. The molecule has 0 N–H and O–H groups in total. The number of hydrogen-bond donors (Lipinski definition) is 0. The number of carbonyl (C=O) groups excluding carboxylic acids is 1. The number of rotatable bonds is 4. The van der Waals surface area contributed by atoms with E-state index in [0.29, 0.717) is 0 Å². The van der Waals surface area contributed by atoms with Crippen LogP contribution in [0.15, 0.2) is 12.1 Å². The number of nitro benzene ring substituents is 2. The third-order valence-corrected chi connectivity index (χ3v) is 2.57. The van der Waals surface area contributed by atoms with Gasteiger partial charge in [-0.1, -0.05) is 11.6 Å². The predicted octanol–water partition coefficient (Wildman–Crippen LogP) is 2.78. The Labute approximate surface area is 112 Å². The molecule has 0 amide bonds. The van der Waals surface area contributed by atoms with Gasteiger partial charge in [0.15, 0.2) is 0 Å². The molecule has 102 valence electrons. The maximum absolute atomic E-state index is 10.9. The van der Waals surface area contributed by atoms with E-state index in [0.717, 1.165) is 19.1 Å². The van der Waals surface area contributed by atoms with Crippen molar-refractivity contribution in [1.82, 2.24) is 0 Å². The van der Waals surface area contributed by atoms with E-state index in [1.807, 2.05) is 0 Å². The number of benzene rings is 1. The molecule has 1 rings (SSSR count). The zero-order chi connectivity index (χ0) is 14.7. The average molecular weight is 289 g/mol. The summed E-state index contributed by atoms with van der Waals surface area (Å²) in [5, 5.41) is 21.3. The Kier molecular flexibility index (Phi) is 4.38. The Balaban J connectivity index is 3.38. The fraction of sp³-hybridized carbons (Fsp3) is 0.300. The molecular weight excluding hydrogens is 280 g/mol. The van der Waals surface area contributed by atoms with E-state index in [2.05, 4.69) is 0 Å². The molecule has 0 heterocycles. The molecule has 19 heavy (non-hydrogen) atoms. The summed E-state index contributed by atoms with van der Waals surface area (Å²) in [6.45, 7) is 2.56. The normalized spacial score (nSPS) is 11.7. The molecule has 0 bridgehead atoms. The lowest BCUT2D eigenvalue weighted by Crippen LogP contribution is -2.08. The van der Waals surface area contributed by atoms with Crippen LogP contribution < -0.4 is 0 Å². The Morgan fingerprint density at radius 1 is 1.26 bits per heavy atom. The summed E-state index contributed by atoms with van der Waals surface area (Å²) in [7, 11) is 0. The van der Waals surface area contributed by atoms with Gasteiger partial charge in [-0.3, -0.25) is 25.0 Å². The van der Waals surface area contributed by atoms with E-state index in [4.69, 9.17) is 16.3 Å². The largest absolute Gasteiger partial charge is 0.458 e. The first-order valence-corrected chi connectivity index (χ1v) is 5.41. The molecule has 9 heteroatoms. The van der Waals surface area contributed by atoms with Crippen LogP contribution in [0.5, 0.6) is 0 Å². The molecule has 1 aromatic carbocycles. The van der Waals surface area contributed by atoms with Crippen molar-refractivity contribution in [3.8, 4) is 0 Å². The maximum Gasteiger partial charge on any atom is 0.303 e. The van der Waals surface area contributed by atoms with Gasteiger partial charge in [-0.15, -0.1) is 0 Å². The van der Waals surface area contributed by atoms with Crippen LogP contribution >= 0.6 is 11.6 Å². The van der Waals surface area contributed by atoms with Crippen LogP contribution in [-0.4, -0.2) is 15.8 Å². The van der Waals surface area contributed by atoms with Crippen molar-refractivity contribution in [2.75, 3.05) is 0 Å². The lowest BCUT2D eigenvalue weighted by Gasteiger charge is -2.12. The van der Waals surface area contributed by atoms with Gasteiger partial charge in [-0.05, 0) is 13.0 Å². The molecule has 0 fully saturated rings. The molecule has 8 nitrogen and oxygen atoms in total. The van der Waals surface area contributed by atoms with Crippen molar-refractivity contribution in [2.24, 2.45) is 0 Å². The number of nitrogens with zero attached hydrogens (tertiary/aromatic N) is 2. The van der Waals surface area contributed by atoms with E-state index >= 15 is 0 Å². The topological polar surface area (TPSA) is 113 Å². The summed E-state index contributed by atoms with van der Waals surface area (Å²) in [5.41, 5.74) is -1.10. The van der Waals surface area contributed by atoms with E-state index < -0.39 is 33.3 Å². The number of halogens is 1. The van der Waals surface area contributed by atoms with Gasteiger partial charge >= 0.3 is 5.97 Å². The van der Waals surface area contributed by atoms with Gasteiger partial charge in [-0.2, -0.15) is 0 Å². The van der Waals surface area contributed by atoms with Gasteiger partial charge in [-0.25, -0.2) is 0 Å². The van der Waals surface area contributed by atoms with Crippen LogP contribution in [0, 0.1) is 20.2 Å². The molecular formula is C10H9ClN2O6.